The summed E-state index contributed by atoms with van der Waals surface area (Å²) in [5, 5.41) is 0. The summed E-state index contributed by atoms with van der Waals surface area (Å²) in [6.45, 7) is 0. The van der Waals surface area contributed by atoms with Gasteiger partial charge in [-0.15, -0.1) is 0 Å². The first-order chi connectivity index (χ1) is 11.7. The quantitative estimate of drug-likeness (QED) is 0.778. The zero-order chi connectivity index (χ0) is 16.9. The van der Waals surface area contributed by atoms with E-state index in [4.69, 9.17) is 15.2 Å². The van der Waals surface area contributed by atoms with Gasteiger partial charge in [0.1, 0.15) is 11.5 Å². The number of hydrogen-bond acceptors (Lipinski definition) is 4. The monoisotopic (exact) mass is 320 g/mol. The molecule has 0 bridgehead atoms. The van der Waals surface area contributed by atoms with Gasteiger partial charge in [-0.25, -0.2) is 4.98 Å². The van der Waals surface area contributed by atoms with E-state index >= 15 is 0 Å². The van der Waals surface area contributed by atoms with Crippen molar-refractivity contribution in [2.75, 3.05) is 7.11 Å². The van der Waals surface area contributed by atoms with Crippen LogP contribution in [0.1, 0.15) is 10.4 Å². The summed E-state index contributed by atoms with van der Waals surface area (Å²) in [6.07, 6.45) is 1.64. The van der Waals surface area contributed by atoms with E-state index in [2.05, 4.69) is 4.98 Å². The van der Waals surface area contributed by atoms with Crippen molar-refractivity contribution in [3.63, 3.8) is 0 Å². The molecule has 0 spiro atoms. The van der Waals surface area contributed by atoms with Gasteiger partial charge >= 0.3 is 0 Å². The van der Waals surface area contributed by atoms with Crippen LogP contribution in [-0.2, 0) is 0 Å². The number of nitrogens with two attached hydrogens (primary N) is 1. The summed E-state index contributed by atoms with van der Waals surface area (Å²) >= 11 is 0. The molecular weight excluding hydrogens is 304 g/mol. The first-order valence-electron chi connectivity index (χ1n) is 7.35. The number of pyridine rings is 1. The number of hydrogen-bond donors (Lipinski definition) is 1. The van der Waals surface area contributed by atoms with Crippen molar-refractivity contribution in [1.29, 1.82) is 0 Å². The number of primary amides is 1. The summed E-state index contributed by atoms with van der Waals surface area (Å²) in [6, 6.07) is 18.1. The molecule has 5 nitrogen and oxygen atoms in total. The Kier molecular flexibility index (Phi) is 4.43. The number of ether oxygens (including phenoxy) is 2. The molecule has 2 aromatic carbocycles. The third kappa shape index (κ3) is 3.20. The molecule has 0 aliphatic carbocycles. The van der Waals surface area contributed by atoms with Crippen molar-refractivity contribution in [1.82, 2.24) is 4.98 Å². The smallest absolute Gasteiger partial charge is 0.248 e. The van der Waals surface area contributed by atoms with Crippen LogP contribution in [0.3, 0.4) is 0 Å². The molecule has 0 saturated carbocycles. The fraction of sp³-hybridized carbons (Fsp3) is 0.0526. The molecule has 1 amide bonds. The number of carbonyl (C=O) groups excluding carboxylic acids is 1. The second-order valence-corrected chi connectivity index (χ2v) is 5.05. The van der Waals surface area contributed by atoms with Crippen LogP contribution in [0, 0.1) is 0 Å². The molecule has 120 valence electrons. The first-order valence-corrected chi connectivity index (χ1v) is 7.35. The summed E-state index contributed by atoms with van der Waals surface area (Å²) < 4.78 is 11.3. The Bertz CT molecular complexity index is 863. The van der Waals surface area contributed by atoms with Gasteiger partial charge in [0.15, 0.2) is 0 Å². The van der Waals surface area contributed by atoms with Crippen molar-refractivity contribution in [2.24, 2.45) is 5.73 Å². The van der Waals surface area contributed by atoms with Crippen molar-refractivity contribution >= 4 is 5.91 Å². The number of carbonyl (C=O) groups is 1. The maximum atomic E-state index is 11.5. The highest BCUT2D eigenvalue weighted by molar-refractivity contribution is 5.95. The van der Waals surface area contributed by atoms with Crippen LogP contribution in [0.2, 0.25) is 0 Å². The summed E-state index contributed by atoms with van der Waals surface area (Å²) in [5.41, 5.74) is 7.19. The minimum Gasteiger partial charge on any atom is -0.481 e. The number of benzene rings is 2. The Morgan fingerprint density at radius 3 is 2.50 bits per heavy atom. The largest absolute Gasteiger partial charge is 0.481 e. The lowest BCUT2D eigenvalue weighted by molar-refractivity contribution is 0.100. The van der Waals surface area contributed by atoms with Gasteiger partial charge in [-0.05, 0) is 42.5 Å². The first kappa shape index (κ1) is 15.6. The predicted molar refractivity (Wildman–Crippen MR) is 91.3 cm³/mol. The van der Waals surface area contributed by atoms with E-state index in [1.807, 2.05) is 36.4 Å². The predicted octanol–water partition coefficient (Wildman–Crippen LogP) is 3.65. The number of aromatic nitrogens is 1. The van der Waals surface area contributed by atoms with Gasteiger partial charge in [-0.2, -0.15) is 0 Å². The maximum Gasteiger partial charge on any atom is 0.248 e. The fourth-order valence-corrected chi connectivity index (χ4v) is 2.36. The Hall–Kier alpha value is -3.34. The van der Waals surface area contributed by atoms with Crippen LogP contribution < -0.4 is 15.2 Å². The minimum absolute atomic E-state index is 0.385. The highest BCUT2D eigenvalue weighted by atomic mass is 16.5. The fourth-order valence-electron chi connectivity index (χ4n) is 2.36. The average molecular weight is 320 g/mol. The van der Waals surface area contributed by atoms with Crippen LogP contribution in [0.5, 0.6) is 17.4 Å². The zero-order valence-corrected chi connectivity index (χ0v) is 13.1. The Balaban J connectivity index is 2.13. The molecule has 3 rings (SSSR count). The molecule has 0 saturated heterocycles. The summed E-state index contributed by atoms with van der Waals surface area (Å²) in [5.74, 6) is 1.20. The van der Waals surface area contributed by atoms with Gasteiger partial charge in [0.25, 0.3) is 0 Å². The average Bonchev–Trinajstić information content (AvgIpc) is 2.62. The third-order valence-corrected chi connectivity index (χ3v) is 3.49. The van der Waals surface area contributed by atoms with Crippen molar-refractivity contribution in [2.45, 2.75) is 0 Å². The molecule has 0 aliphatic rings. The lowest BCUT2D eigenvalue weighted by atomic mass is 10.0. The van der Waals surface area contributed by atoms with Gasteiger partial charge in [0.05, 0.1) is 7.11 Å². The van der Waals surface area contributed by atoms with Gasteiger partial charge in [-0.1, -0.05) is 18.2 Å². The maximum absolute atomic E-state index is 11.5. The van der Waals surface area contributed by atoms with E-state index < -0.39 is 5.91 Å². The van der Waals surface area contributed by atoms with Crippen LogP contribution in [0.4, 0.5) is 0 Å². The van der Waals surface area contributed by atoms with Crippen molar-refractivity contribution in [3.05, 3.63) is 72.4 Å². The van der Waals surface area contributed by atoms with Gasteiger partial charge in [-0.3, -0.25) is 4.79 Å². The normalized spacial score (nSPS) is 10.2. The SMILES string of the molecule is COc1ncccc1-c1cc(C(N)=O)ccc1Oc1ccccc1. The van der Waals surface area contributed by atoms with E-state index in [-0.39, 0.29) is 0 Å². The van der Waals surface area contributed by atoms with E-state index in [0.29, 0.717) is 34.1 Å². The zero-order valence-electron chi connectivity index (χ0n) is 13.1. The molecule has 5 heteroatoms. The second-order valence-electron chi connectivity index (χ2n) is 5.05. The minimum atomic E-state index is -0.509. The Morgan fingerprint density at radius 2 is 1.79 bits per heavy atom. The topological polar surface area (TPSA) is 74.4 Å². The molecule has 24 heavy (non-hydrogen) atoms. The Morgan fingerprint density at radius 1 is 1.00 bits per heavy atom. The van der Waals surface area contributed by atoms with Gasteiger partial charge in [0, 0.05) is 22.9 Å². The second kappa shape index (κ2) is 6.83. The molecule has 1 heterocycles. The molecular formula is C19H16N2O3. The van der Waals surface area contributed by atoms with Gasteiger partial charge in [0.2, 0.25) is 11.8 Å². The van der Waals surface area contributed by atoms with Crippen molar-refractivity contribution < 1.29 is 14.3 Å². The number of rotatable bonds is 5. The van der Waals surface area contributed by atoms with Crippen molar-refractivity contribution in [3.8, 4) is 28.5 Å². The lowest BCUT2D eigenvalue weighted by Crippen LogP contribution is -2.11. The standard InChI is InChI=1S/C19H16N2O3/c1-23-19-15(8-5-11-21-19)16-12-13(18(20)22)9-10-17(16)24-14-6-3-2-4-7-14/h2-12H,1H3,(H2,20,22). The van der Waals surface area contributed by atoms with Crippen LogP contribution in [-0.4, -0.2) is 18.0 Å². The van der Waals surface area contributed by atoms with E-state index in [1.165, 1.54) is 0 Å². The number of para-hydroxylation sites is 1. The highest BCUT2D eigenvalue weighted by Gasteiger charge is 2.15. The molecule has 0 atom stereocenters. The van der Waals surface area contributed by atoms with Crippen LogP contribution >= 0.6 is 0 Å². The molecule has 3 aromatic rings. The Labute approximate surface area is 139 Å². The third-order valence-electron chi connectivity index (χ3n) is 3.49. The van der Waals surface area contributed by atoms with Crippen LogP contribution in [0.15, 0.2) is 66.9 Å². The molecule has 0 aliphatic heterocycles. The lowest BCUT2D eigenvalue weighted by Gasteiger charge is -2.14. The number of nitrogens with zero attached hydrogens (tertiary/aromatic N) is 1. The number of methoxy groups -OCH3 is 1. The molecule has 0 unspecified atom stereocenters. The molecule has 0 radical (unpaired) electrons. The summed E-state index contributed by atoms with van der Waals surface area (Å²) in [4.78, 5) is 15.7. The highest BCUT2D eigenvalue weighted by Crippen LogP contribution is 2.37. The van der Waals surface area contributed by atoms with Crippen LogP contribution in [0.25, 0.3) is 11.1 Å². The molecule has 1 aromatic heterocycles. The number of amides is 1. The van der Waals surface area contributed by atoms with E-state index in [9.17, 15) is 4.79 Å². The molecule has 2 N–H and O–H groups in total. The molecule has 0 fully saturated rings. The van der Waals surface area contributed by atoms with E-state index in [1.54, 1.807) is 37.6 Å². The van der Waals surface area contributed by atoms with E-state index in [0.717, 1.165) is 0 Å². The van der Waals surface area contributed by atoms with Gasteiger partial charge < -0.3 is 15.2 Å². The summed E-state index contributed by atoms with van der Waals surface area (Å²) in [7, 11) is 1.54.